The molecule has 166 valence electrons. The van der Waals surface area contributed by atoms with Crippen LogP contribution in [-0.4, -0.2) is 26.9 Å². The molecule has 7 heteroatoms. The second-order valence-corrected chi connectivity index (χ2v) is 12.1. The predicted octanol–water partition coefficient (Wildman–Crippen LogP) is 5.21. The highest BCUT2D eigenvalue weighted by atomic mass is 35.5. The number of carbonyl (C=O) groups is 1. The lowest BCUT2D eigenvalue weighted by molar-refractivity contribution is -0.118. The Kier molecular flexibility index (Phi) is 6.02. The molecule has 1 heterocycles. The quantitative estimate of drug-likeness (QED) is 0.681. The Morgan fingerprint density at radius 2 is 1.65 bits per heavy atom. The Bertz CT molecular complexity index is 1150. The topological polar surface area (TPSA) is 66.5 Å². The summed E-state index contributed by atoms with van der Waals surface area (Å²) >= 11 is 6.26. The van der Waals surface area contributed by atoms with Crippen LogP contribution in [0.5, 0.6) is 0 Å². The first-order valence-electron chi connectivity index (χ1n) is 10.1. The van der Waals surface area contributed by atoms with Crippen LogP contribution in [0.3, 0.4) is 0 Å². The molecule has 2 aromatic rings. The van der Waals surface area contributed by atoms with Crippen LogP contribution in [0.15, 0.2) is 53.4 Å². The Morgan fingerprint density at radius 1 is 1.03 bits per heavy atom. The van der Waals surface area contributed by atoms with Gasteiger partial charge in [0, 0.05) is 28.7 Å². The van der Waals surface area contributed by atoms with Crippen LogP contribution in [-0.2, 0) is 14.8 Å². The minimum atomic E-state index is -4.08. The molecular weight excluding hydrogens is 432 g/mol. The molecule has 1 aliphatic rings. The molecule has 31 heavy (non-hydrogen) atoms. The normalized spacial score (nSPS) is 16.2. The highest BCUT2D eigenvalue weighted by Crippen LogP contribution is 2.43. The summed E-state index contributed by atoms with van der Waals surface area (Å²) in [5, 5.41) is 3.43. The van der Waals surface area contributed by atoms with Gasteiger partial charge in [0.25, 0.3) is 15.9 Å². The number of benzene rings is 2. The molecule has 2 aromatic carbocycles. The van der Waals surface area contributed by atoms with Crippen LogP contribution in [0.4, 0.5) is 5.69 Å². The van der Waals surface area contributed by atoms with Gasteiger partial charge in [-0.15, -0.1) is 0 Å². The van der Waals surface area contributed by atoms with Crippen molar-refractivity contribution in [1.82, 2.24) is 5.32 Å². The Morgan fingerprint density at radius 3 is 2.23 bits per heavy atom. The summed E-state index contributed by atoms with van der Waals surface area (Å²) < 4.78 is 28.2. The Labute approximate surface area is 190 Å². The van der Waals surface area contributed by atoms with Crippen LogP contribution in [0.2, 0.25) is 5.02 Å². The van der Waals surface area contributed by atoms with E-state index in [1.54, 1.807) is 30.3 Å². The van der Waals surface area contributed by atoms with Crippen LogP contribution >= 0.6 is 11.6 Å². The van der Waals surface area contributed by atoms with Crippen molar-refractivity contribution in [3.63, 3.8) is 0 Å². The van der Waals surface area contributed by atoms with Crippen molar-refractivity contribution in [1.29, 1.82) is 0 Å². The van der Waals surface area contributed by atoms with Crippen LogP contribution < -0.4 is 9.62 Å². The molecule has 0 atom stereocenters. The minimum absolute atomic E-state index is 0.0459. The number of nitrogens with zero attached hydrogens (tertiary/aromatic N) is 1. The second-order valence-electron chi connectivity index (χ2n) is 9.78. The molecule has 0 unspecified atom stereocenters. The molecule has 0 fully saturated rings. The fourth-order valence-electron chi connectivity index (χ4n) is 4.36. The van der Waals surface area contributed by atoms with Crippen molar-refractivity contribution < 1.29 is 13.2 Å². The predicted molar refractivity (Wildman–Crippen MR) is 128 cm³/mol. The van der Waals surface area contributed by atoms with E-state index in [2.05, 4.69) is 26.1 Å². The van der Waals surface area contributed by atoms with Crippen molar-refractivity contribution in [3.8, 4) is 0 Å². The third kappa shape index (κ3) is 4.80. The van der Waals surface area contributed by atoms with Crippen LogP contribution in [0, 0.1) is 5.41 Å². The lowest BCUT2D eigenvalue weighted by Crippen LogP contribution is -2.49. The van der Waals surface area contributed by atoms with E-state index >= 15 is 0 Å². The number of carbonyl (C=O) groups excluding carboxylic acids is 1. The molecule has 1 N–H and O–H groups in total. The van der Waals surface area contributed by atoms with E-state index in [0.717, 1.165) is 4.31 Å². The van der Waals surface area contributed by atoms with Gasteiger partial charge < -0.3 is 5.32 Å². The standard InChI is InChI=1S/C24H29ClN2O3S/c1-23(2,3)15-24(4,5)26-22(28)21-20(16-10-8-7-9-11-16)18-14-17(25)12-13-19(18)27(6)31(21,29)30/h7-14H,15H2,1-6H3,(H,26,28). The number of hydrogen-bond donors (Lipinski definition) is 1. The SMILES string of the molecule is CN1c2ccc(Cl)cc2C(c2ccccc2)=C(C(=O)NC(C)(C)CC(C)(C)C)S1(=O)=O. The number of halogens is 1. The smallest absolute Gasteiger partial charge is 0.270 e. The molecule has 0 bridgehead atoms. The lowest BCUT2D eigenvalue weighted by Gasteiger charge is -2.35. The first-order valence-corrected chi connectivity index (χ1v) is 12.0. The van der Waals surface area contributed by atoms with Gasteiger partial charge in [-0.2, -0.15) is 0 Å². The minimum Gasteiger partial charge on any atom is -0.346 e. The molecule has 0 saturated heterocycles. The van der Waals surface area contributed by atoms with E-state index in [1.807, 2.05) is 32.0 Å². The number of hydrogen-bond acceptors (Lipinski definition) is 3. The fourth-order valence-corrected chi connectivity index (χ4v) is 5.99. The van der Waals surface area contributed by atoms with Crippen molar-refractivity contribution >= 4 is 38.8 Å². The number of sulfonamides is 1. The first-order chi connectivity index (χ1) is 14.2. The summed E-state index contributed by atoms with van der Waals surface area (Å²) in [7, 11) is -2.63. The molecule has 0 aromatic heterocycles. The fraction of sp³-hybridized carbons (Fsp3) is 0.375. The van der Waals surface area contributed by atoms with Gasteiger partial charge in [-0.3, -0.25) is 9.10 Å². The third-order valence-electron chi connectivity index (χ3n) is 5.11. The molecule has 0 saturated carbocycles. The zero-order valence-corrected chi connectivity index (χ0v) is 20.4. The van der Waals surface area contributed by atoms with E-state index in [-0.39, 0.29) is 10.3 Å². The van der Waals surface area contributed by atoms with Gasteiger partial charge in [0.05, 0.1) is 5.69 Å². The van der Waals surface area contributed by atoms with Crippen LogP contribution in [0.25, 0.3) is 5.57 Å². The number of amides is 1. The molecule has 1 amide bonds. The van der Waals surface area contributed by atoms with Crippen molar-refractivity contribution in [3.05, 3.63) is 69.6 Å². The van der Waals surface area contributed by atoms with Crippen molar-refractivity contribution in [2.75, 3.05) is 11.4 Å². The van der Waals surface area contributed by atoms with Gasteiger partial charge in [0.2, 0.25) is 0 Å². The number of anilines is 1. The van der Waals surface area contributed by atoms with Gasteiger partial charge >= 0.3 is 0 Å². The monoisotopic (exact) mass is 460 g/mol. The molecule has 5 nitrogen and oxygen atoms in total. The highest BCUT2D eigenvalue weighted by molar-refractivity contribution is 7.97. The molecule has 0 spiro atoms. The zero-order chi connectivity index (χ0) is 23.2. The first kappa shape index (κ1) is 23.4. The van der Waals surface area contributed by atoms with Gasteiger partial charge in [-0.1, -0.05) is 62.7 Å². The van der Waals surface area contributed by atoms with E-state index in [9.17, 15) is 13.2 Å². The Hall–Kier alpha value is -2.31. The summed E-state index contributed by atoms with van der Waals surface area (Å²) in [6, 6.07) is 14.1. The number of nitrogens with one attached hydrogen (secondary N) is 1. The van der Waals surface area contributed by atoms with Gasteiger partial charge in [0.1, 0.15) is 0 Å². The van der Waals surface area contributed by atoms with E-state index in [4.69, 9.17) is 11.6 Å². The van der Waals surface area contributed by atoms with E-state index in [1.165, 1.54) is 7.05 Å². The summed E-state index contributed by atoms with van der Waals surface area (Å²) in [6.07, 6.45) is 0.679. The molecule has 0 aliphatic carbocycles. The maximum atomic E-state index is 13.5. The molecule has 0 radical (unpaired) electrons. The average Bonchev–Trinajstić information content (AvgIpc) is 2.62. The molecule has 3 rings (SSSR count). The van der Waals surface area contributed by atoms with Gasteiger partial charge in [0.15, 0.2) is 4.91 Å². The maximum absolute atomic E-state index is 13.5. The third-order valence-corrected chi connectivity index (χ3v) is 7.16. The summed E-state index contributed by atoms with van der Waals surface area (Å²) in [6.45, 7) is 10.1. The number of fused-ring (bicyclic) bond motifs is 1. The lowest BCUT2D eigenvalue weighted by atomic mass is 9.81. The van der Waals surface area contributed by atoms with Crippen molar-refractivity contribution in [2.45, 2.75) is 46.6 Å². The maximum Gasteiger partial charge on any atom is 0.270 e. The Balaban J connectivity index is 2.27. The van der Waals surface area contributed by atoms with E-state index < -0.39 is 21.5 Å². The van der Waals surface area contributed by atoms with Crippen molar-refractivity contribution in [2.24, 2.45) is 5.41 Å². The average molecular weight is 461 g/mol. The molecule has 1 aliphatic heterocycles. The largest absolute Gasteiger partial charge is 0.346 e. The number of rotatable bonds is 4. The molecular formula is C24H29ClN2O3S. The summed E-state index contributed by atoms with van der Waals surface area (Å²) in [5.74, 6) is -0.620. The summed E-state index contributed by atoms with van der Waals surface area (Å²) in [5.41, 5.74) is 1.44. The van der Waals surface area contributed by atoms with Gasteiger partial charge in [-0.25, -0.2) is 8.42 Å². The van der Waals surface area contributed by atoms with Crippen LogP contribution in [0.1, 0.15) is 52.2 Å². The summed E-state index contributed by atoms with van der Waals surface area (Å²) in [4.78, 5) is 13.3. The second kappa shape index (κ2) is 7.99. The van der Waals surface area contributed by atoms with Gasteiger partial charge in [-0.05, 0) is 49.4 Å². The highest BCUT2D eigenvalue weighted by Gasteiger charge is 2.41. The van der Waals surface area contributed by atoms with E-state index in [0.29, 0.717) is 33.8 Å². The zero-order valence-electron chi connectivity index (χ0n) is 18.8.